The lowest BCUT2D eigenvalue weighted by atomic mass is 10.1. The van der Waals surface area contributed by atoms with Crippen molar-refractivity contribution in [2.75, 3.05) is 0 Å². The molecule has 1 aromatic heterocycles. The van der Waals surface area contributed by atoms with Gasteiger partial charge in [0.05, 0.1) is 0 Å². The molecule has 0 radical (unpaired) electrons. The standard InChI is InChI=1S/C35H21F9O5S4/c36-32(37,34(40,41)42)33(38,39)35(43,44)53(47,48)49-52(24-7-3-1-4-8-24,25-9-5-2-6-10-25)26-16-18-29-28(20-26)31(46)27-17-15-23(19-30(27)51-29)50-22-13-11-21(45)12-14-22/h1-20,45H. The number of phenolic OH excluding ortho intramolecular Hbond substituents is 1. The van der Waals surface area contributed by atoms with E-state index in [1.54, 1.807) is 24.3 Å². The molecule has 0 saturated carbocycles. The topological polar surface area (TPSA) is 80.7 Å². The summed E-state index contributed by atoms with van der Waals surface area (Å²) in [4.78, 5) is 14.5. The van der Waals surface area contributed by atoms with E-state index in [1.165, 1.54) is 78.5 Å². The summed E-state index contributed by atoms with van der Waals surface area (Å²) in [7, 11) is -11.7. The fraction of sp³-hybridized carbons (Fsp3) is 0.114. The van der Waals surface area contributed by atoms with Gasteiger partial charge >= 0.3 is 33.4 Å². The minimum Gasteiger partial charge on any atom is -0.508 e. The number of halogens is 9. The summed E-state index contributed by atoms with van der Waals surface area (Å²) in [5.41, 5.74) is -0.615. The Balaban J connectivity index is 1.56. The fourth-order valence-corrected chi connectivity index (χ4v) is 12.4. The van der Waals surface area contributed by atoms with Crippen molar-refractivity contribution in [2.24, 2.45) is 0 Å². The molecule has 6 rings (SSSR count). The molecule has 0 aliphatic carbocycles. The van der Waals surface area contributed by atoms with Crippen LogP contribution in [0.15, 0.2) is 151 Å². The normalized spacial score (nSPS) is 13.8. The molecule has 5 aromatic carbocycles. The van der Waals surface area contributed by atoms with E-state index in [4.69, 9.17) is 3.63 Å². The number of phenols is 1. The molecule has 278 valence electrons. The van der Waals surface area contributed by atoms with E-state index in [1.807, 2.05) is 0 Å². The van der Waals surface area contributed by atoms with Gasteiger partial charge in [-0.2, -0.15) is 47.9 Å². The van der Waals surface area contributed by atoms with Crippen LogP contribution in [0.4, 0.5) is 39.5 Å². The van der Waals surface area contributed by atoms with Crippen LogP contribution in [0.5, 0.6) is 5.75 Å². The van der Waals surface area contributed by atoms with Gasteiger partial charge in [-0.25, -0.2) is 3.63 Å². The van der Waals surface area contributed by atoms with Crippen LogP contribution in [0.3, 0.4) is 0 Å². The lowest BCUT2D eigenvalue weighted by molar-refractivity contribution is -0.382. The summed E-state index contributed by atoms with van der Waals surface area (Å²) in [5.74, 6) is -15.0. The third kappa shape index (κ3) is 6.53. The minimum absolute atomic E-state index is 0.0694. The van der Waals surface area contributed by atoms with Crippen molar-refractivity contribution in [1.29, 1.82) is 0 Å². The quantitative estimate of drug-likeness (QED) is 0.110. The largest absolute Gasteiger partial charge is 0.508 e. The Morgan fingerprint density at radius 1 is 0.585 bits per heavy atom. The van der Waals surface area contributed by atoms with Crippen molar-refractivity contribution < 1.29 is 56.7 Å². The van der Waals surface area contributed by atoms with Gasteiger partial charge in [0.25, 0.3) is 0 Å². The average molecular weight is 821 g/mol. The Hall–Kier alpha value is -4.23. The van der Waals surface area contributed by atoms with Crippen LogP contribution in [0.1, 0.15) is 0 Å². The SMILES string of the molecule is O=c1c2ccc(Sc3ccc(O)cc3)cc2sc2ccc(S(OS(=O)(=O)C(F)(F)C(F)(F)C(F)(F)C(F)(F)F)(c3ccccc3)c3ccccc3)cc12. The first-order chi connectivity index (χ1) is 24.7. The van der Waals surface area contributed by atoms with E-state index >= 15 is 8.78 Å². The van der Waals surface area contributed by atoms with Gasteiger partial charge in [0.15, 0.2) is 5.43 Å². The lowest BCUT2D eigenvalue weighted by Gasteiger charge is -2.41. The molecule has 18 heteroatoms. The number of hydrogen-bond donors (Lipinski definition) is 1. The van der Waals surface area contributed by atoms with Gasteiger partial charge in [-0.05, 0) is 95.2 Å². The van der Waals surface area contributed by atoms with Gasteiger partial charge in [0, 0.05) is 44.6 Å². The number of hydrogen-bond acceptors (Lipinski definition) is 7. The summed E-state index contributed by atoms with van der Waals surface area (Å²) in [6, 6.07) is 27.5. The van der Waals surface area contributed by atoms with E-state index in [2.05, 4.69) is 0 Å². The molecular weight excluding hydrogens is 800 g/mol. The molecule has 0 bridgehead atoms. The number of benzene rings is 5. The zero-order valence-corrected chi connectivity index (χ0v) is 29.4. The Bertz CT molecular complexity index is 2440. The third-order valence-corrected chi connectivity index (χ3v) is 15.1. The molecule has 0 fully saturated rings. The molecule has 53 heavy (non-hydrogen) atoms. The first kappa shape index (κ1) is 38.5. The first-order valence-electron chi connectivity index (χ1n) is 14.8. The van der Waals surface area contributed by atoms with Crippen molar-refractivity contribution in [3.63, 3.8) is 0 Å². The summed E-state index contributed by atoms with van der Waals surface area (Å²) in [6.07, 6.45) is -7.28. The van der Waals surface area contributed by atoms with Crippen LogP contribution < -0.4 is 5.43 Å². The van der Waals surface area contributed by atoms with E-state index in [0.717, 1.165) is 51.5 Å². The van der Waals surface area contributed by atoms with Gasteiger partial charge in [-0.15, -0.1) is 11.3 Å². The van der Waals surface area contributed by atoms with Crippen LogP contribution in [0, 0.1) is 0 Å². The zero-order chi connectivity index (χ0) is 38.6. The van der Waals surface area contributed by atoms with Gasteiger partial charge in [-0.1, -0.05) is 48.2 Å². The second-order valence-corrected chi connectivity index (χ2v) is 17.9. The molecule has 6 aromatic rings. The maximum Gasteiger partial charge on any atom is 0.460 e. The van der Waals surface area contributed by atoms with Crippen LogP contribution in [-0.4, -0.2) is 36.8 Å². The van der Waals surface area contributed by atoms with Gasteiger partial charge in [-0.3, -0.25) is 4.79 Å². The number of aromatic hydroxyl groups is 1. The monoisotopic (exact) mass is 820 g/mol. The van der Waals surface area contributed by atoms with Crippen molar-refractivity contribution in [3.8, 4) is 5.75 Å². The van der Waals surface area contributed by atoms with E-state index in [-0.39, 0.29) is 31.2 Å². The van der Waals surface area contributed by atoms with Crippen LogP contribution in [0.25, 0.3) is 20.2 Å². The first-order valence-corrected chi connectivity index (χ1v) is 19.4. The Labute approximate surface area is 304 Å². The second-order valence-electron chi connectivity index (χ2n) is 11.2. The second kappa shape index (κ2) is 13.6. The third-order valence-electron chi connectivity index (χ3n) is 7.79. The molecule has 0 aliphatic rings. The molecule has 5 nitrogen and oxygen atoms in total. The zero-order valence-electron chi connectivity index (χ0n) is 26.2. The van der Waals surface area contributed by atoms with E-state index in [0.29, 0.717) is 9.40 Å². The van der Waals surface area contributed by atoms with Gasteiger partial charge < -0.3 is 5.11 Å². The summed E-state index contributed by atoms with van der Waals surface area (Å²) in [6.45, 7) is 0. The van der Waals surface area contributed by atoms with Crippen LogP contribution >= 0.6 is 33.4 Å². The molecule has 1 heterocycles. The van der Waals surface area contributed by atoms with Crippen LogP contribution in [-0.2, 0) is 13.7 Å². The van der Waals surface area contributed by atoms with E-state index < -0.39 is 49.1 Å². The van der Waals surface area contributed by atoms with Crippen LogP contribution in [0.2, 0.25) is 0 Å². The summed E-state index contributed by atoms with van der Waals surface area (Å²) >= 11 is 2.45. The molecule has 0 saturated heterocycles. The van der Waals surface area contributed by atoms with Crippen molar-refractivity contribution in [2.45, 2.75) is 47.8 Å². The molecular formula is C35H21F9O5S4. The number of alkyl halides is 9. The average Bonchev–Trinajstić information content (AvgIpc) is 3.11. The predicted molar refractivity (Wildman–Crippen MR) is 184 cm³/mol. The maximum absolute atomic E-state index is 15.3. The Morgan fingerprint density at radius 2 is 1.13 bits per heavy atom. The Morgan fingerprint density at radius 3 is 1.68 bits per heavy atom. The molecule has 0 spiro atoms. The van der Waals surface area contributed by atoms with E-state index in [9.17, 15) is 49.1 Å². The predicted octanol–water partition coefficient (Wildman–Crippen LogP) is 11.2. The van der Waals surface area contributed by atoms with Crippen molar-refractivity contribution in [3.05, 3.63) is 132 Å². The highest BCUT2D eigenvalue weighted by atomic mass is 32.3. The molecule has 0 aliphatic heterocycles. The molecule has 0 amide bonds. The molecule has 0 atom stereocenters. The summed E-state index contributed by atoms with van der Waals surface area (Å²) in [5, 5.41) is 2.51. The smallest absolute Gasteiger partial charge is 0.460 e. The maximum atomic E-state index is 15.3. The highest BCUT2D eigenvalue weighted by Crippen LogP contribution is 2.71. The summed E-state index contributed by atoms with van der Waals surface area (Å²) < 4.78 is 159. The van der Waals surface area contributed by atoms with Gasteiger partial charge in [0.1, 0.15) is 5.75 Å². The van der Waals surface area contributed by atoms with Gasteiger partial charge in [0.2, 0.25) is 0 Å². The number of fused-ring (bicyclic) bond motifs is 2. The Kier molecular flexibility index (Phi) is 9.85. The molecule has 1 N–H and O–H groups in total. The fourth-order valence-electron chi connectivity index (χ4n) is 5.15. The lowest BCUT2D eigenvalue weighted by Crippen LogP contribution is -2.63. The highest BCUT2D eigenvalue weighted by Gasteiger charge is 2.86. The number of rotatable bonds is 10. The van der Waals surface area contributed by atoms with Crippen molar-refractivity contribution >= 4 is 63.7 Å². The highest BCUT2D eigenvalue weighted by molar-refractivity contribution is 8.33. The molecule has 0 unspecified atom stereocenters. The minimum atomic E-state index is -7.54. The van der Waals surface area contributed by atoms with Crippen molar-refractivity contribution in [1.82, 2.24) is 0 Å².